The molecule has 5 heteroatoms. The lowest BCUT2D eigenvalue weighted by Gasteiger charge is -2.14. The molecule has 1 aromatic heterocycles. The van der Waals surface area contributed by atoms with Gasteiger partial charge in [0.1, 0.15) is 5.36 Å². The molecule has 0 amide bonds. The molecule has 1 aliphatic rings. The van der Waals surface area contributed by atoms with Gasteiger partial charge < -0.3 is 9.88 Å². The van der Waals surface area contributed by atoms with E-state index in [0.29, 0.717) is 0 Å². The van der Waals surface area contributed by atoms with Gasteiger partial charge in [-0.1, -0.05) is 48.2 Å². The Morgan fingerprint density at radius 1 is 1.00 bits per heavy atom. The molecule has 0 atom stereocenters. The van der Waals surface area contributed by atoms with Crippen molar-refractivity contribution in [2.75, 3.05) is 12.3 Å². The second-order valence-corrected chi connectivity index (χ2v) is 6.49. The quantitative estimate of drug-likeness (QED) is 0.581. The van der Waals surface area contributed by atoms with Crippen molar-refractivity contribution in [1.29, 1.82) is 0 Å². The van der Waals surface area contributed by atoms with Gasteiger partial charge in [0.15, 0.2) is 5.17 Å². The molecule has 2 heterocycles. The fourth-order valence-electron chi connectivity index (χ4n) is 3.06. The van der Waals surface area contributed by atoms with Gasteiger partial charge in [-0.3, -0.25) is 0 Å². The predicted octanol–water partition coefficient (Wildman–Crippen LogP) is 3.32. The molecule has 1 fully saturated rings. The number of aryl methyl sites for hydroxylation is 1. The van der Waals surface area contributed by atoms with Crippen LogP contribution in [0.15, 0.2) is 58.7 Å². The summed E-state index contributed by atoms with van der Waals surface area (Å²) in [6.07, 6.45) is 0. The van der Waals surface area contributed by atoms with Crippen LogP contribution in [0.4, 0.5) is 0 Å². The highest BCUT2D eigenvalue weighted by Gasteiger charge is 2.09. The average Bonchev–Trinajstić information content (AvgIpc) is 3.12. The predicted molar refractivity (Wildman–Crippen MR) is 98.6 cm³/mol. The number of para-hydroxylation sites is 2. The number of nitrogens with zero attached hydrogens (tertiary/aromatic N) is 3. The smallest absolute Gasteiger partial charge is 0.183 e. The van der Waals surface area contributed by atoms with Crippen LogP contribution in [0.2, 0.25) is 0 Å². The third-order valence-electron chi connectivity index (χ3n) is 4.07. The standard InChI is InChI=1S/C18H18N4S/c1-2-22-15-9-5-3-7-13(15)17(14-8-4-6-10-16(14)22)20-21-18-19-11-12-23-18/h3-10H,2,11-12H2,1H3,(H,19,21). The summed E-state index contributed by atoms with van der Waals surface area (Å²) in [7, 11) is 0. The Balaban J connectivity index is 2.12. The fourth-order valence-corrected chi connectivity index (χ4v) is 3.76. The molecule has 0 unspecified atom stereocenters. The van der Waals surface area contributed by atoms with Crippen molar-refractivity contribution in [2.45, 2.75) is 13.5 Å². The van der Waals surface area contributed by atoms with Crippen molar-refractivity contribution in [3.05, 3.63) is 53.9 Å². The minimum Gasteiger partial charge on any atom is -0.362 e. The summed E-state index contributed by atoms with van der Waals surface area (Å²) in [6, 6.07) is 16.8. The van der Waals surface area contributed by atoms with Crippen LogP contribution in [-0.4, -0.2) is 22.0 Å². The first-order valence-electron chi connectivity index (χ1n) is 7.87. The van der Waals surface area contributed by atoms with Crippen LogP contribution < -0.4 is 10.7 Å². The van der Waals surface area contributed by atoms with E-state index in [1.54, 1.807) is 11.8 Å². The molecule has 0 aliphatic carbocycles. The van der Waals surface area contributed by atoms with E-state index in [1.807, 2.05) is 0 Å². The summed E-state index contributed by atoms with van der Waals surface area (Å²) in [5.41, 5.74) is 2.39. The molecule has 0 saturated carbocycles. The van der Waals surface area contributed by atoms with Crippen LogP contribution in [0.25, 0.3) is 21.8 Å². The molecule has 116 valence electrons. The minimum atomic E-state index is 0.908. The highest BCUT2D eigenvalue weighted by atomic mass is 32.2. The topological polar surface area (TPSA) is 41.7 Å². The SMILES string of the molecule is CCn1c2ccccc2c(=NN=C2NCCS2)c2ccccc21. The zero-order valence-corrected chi connectivity index (χ0v) is 13.8. The van der Waals surface area contributed by atoms with Crippen molar-refractivity contribution in [2.24, 2.45) is 10.2 Å². The number of pyridine rings is 1. The van der Waals surface area contributed by atoms with Gasteiger partial charge in [-0.25, -0.2) is 0 Å². The summed E-state index contributed by atoms with van der Waals surface area (Å²) in [4.78, 5) is 0. The van der Waals surface area contributed by atoms with E-state index in [0.717, 1.165) is 40.1 Å². The Kier molecular flexibility index (Phi) is 3.79. The first-order chi connectivity index (χ1) is 11.4. The number of benzene rings is 2. The molecular formula is C18H18N4S. The molecule has 2 aromatic carbocycles. The largest absolute Gasteiger partial charge is 0.362 e. The summed E-state index contributed by atoms with van der Waals surface area (Å²) < 4.78 is 2.33. The van der Waals surface area contributed by atoms with Gasteiger partial charge in [0.2, 0.25) is 0 Å². The van der Waals surface area contributed by atoms with Crippen LogP contribution in [0, 0.1) is 0 Å². The highest BCUT2D eigenvalue weighted by Crippen LogP contribution is 2.19. The van der Waals surface area contributed by atoms with Crippen molar-refractivity contribution < 1.29 is 0 Å². The number of fused-ring (bicyclic) bond motifs is 2. The van der Waals surface area contributed by atoms with Gasteiger partial charge >= 0.3 is 0 Å². The van der Waals surface area contributed by atoms with E-state index in [1.165, 1.54) is 11.0 Å². The summed E-state index contributed by atoms with van der Waals surface area (Å²) in [5, 5.41) is 16.4. The maximum Gasteiger partial charge on any atom is 0.183 e. The van der Waals surface area contributed by atoms with Gasteiger partial charge in [0, 0.05) is 29.6 Å². The number of amidine groups is 1. The first-order valence-corrected chi connectivity index (χ1v) is 8.85. The van der Waals surface area contributed by atoms with E-state index < -0.39 is 0 Å². The van der Waals surface area contributed by atoms with Gasteiger partial charge in [-0.2, -0.15) is 0 Å². The Morgan fingerprint density at radius 2 is 1.65 bits per heavy atom. The third-order valence-corrected chi connectivity index (χ3v) is 4.98. The molecule has 0 spiro atoms. The number of hydrogen-bond acceptors (Lipinski definition) is 3. The second-order valence-electron chi connectivity index (χ2n) is 5.41. The Morgan fingerprint density at radius 3 is 2.22 bits per heavy atom. The molecular weight excluding hydrogens is 304 g/mol. The number of hydrogen-bond donors (Lipinski definition) is 1. The molecule has 4 rings (SSSR count). The van der Waals surface area contributed by atoms with Gasteiger partial charge in [-0.05, 0) is 19.1 Å². The molecule has 1 N–H and O–H groups in total. The number of nitrogens with one attached hydrogen (secondary N) is 1. The van der Waals surface area contributed by atoms with Crippen LogP contribution >= 0.6 is 11.8 Å². The number of rotatable bonds is 2. The second kappa shape index (κ2) is 6.08. The molecule has 0 radical (unpaired) electrons. The molecule has 3 aromatic rings. The monoisotopic (exact) mass is 322 g/mol. The van der Waals surface area contributed by atoms with Crippen molar-refractivity contribution in [3.63, 3.8) is 0 Å². The lowest BCUT2D eigenvalue weighted by Crippen LogP contribution is -2.14. The van der Waals surface area contributed by atoms with Gasteiger partial charge in [-0.15, -0.1) is 10.2 Å². The average molecular weight is 322 g/mol. The molecule has 23 heavy (non-hydrogen) atoms. The molecule has 1 aliphatic heterocycles. The van der Waals surface area contributed by atoms with E-state index in [9.17, 15) is 0 Å². The fraction of sp³-hybridized carbons (Fsp3) is 0.222. The Labute approximate surface area is 138 Å². The van der Waals surface area contributed by atoms with E-state index in [-0.39, 0.29) is 0 Å². The van der Waals surface area contributed by atoms with E-state index in [4.69, 9.17) is 0 Å². The maximum absolute atomic E-state index is 4.61. The zero-order valence-electron chi connectivity index (χ0n) is 13.0. The van der Waals surface area contributed by atoms with Crippen molar-refractivity contribution >= 4 is 38.7 Å². The summed E-state index contributed by atoms with van der Waals surface area (Å²) in [5.74, 6) is 1.06. The highest BCUT2D eigenvalue weighted by molar-refractivity contribution is 8.14. The number of thioether (sulfide) groups is 1. The lowest BCUT2D eigenvalue weighted by atomic mass is 10.1. The molecule has 0 bridgehead atoms. The Bertz CT molecular complexity index is 904. The third kappa shape index (κ3) is 2.51. The zero-order chi connectivity index (χ0) is 15.6. The van der Waals surface area contributed by atoms with Gasteiger partial charge in [0.25, 0.3) is 0 Å². The Hall–Kier alpha value is -2.27. The maximum atomic E-state index is 4.61. The van der Waals surface area contributed by atoms with Crippen molar-refractivity contribution in [1.82, 2.24) is 9.88 Å². The van der Waals surface area contributed by atoms with Crippen LogP contribution in [0.3, 0.4) is 0 Å². The number of aromatic nitrogens is 1. The first kappa shape index (κ1) is 14.3. The summed E-state index contributed by atoms with van der Waals surface area (Å²) in [6.45, 7) is 4.06. The lowest BCUT2D eigenvalue weighted by molar-refractivity contribution is 0.820. The van der Waals surface area contributed by atoms with Crippen LogP contribution in [0.1, 0.15) is 6.92 Å². The van der Waals surface area contributed by atoms with Gasteiger partial charge in [0.05, 0.1) is 11.0 Å². The molecule has 1 saturated heterocycles. The molecule has 4 nitrogen and oxygen atoms in total. The normalized spacial score (nSPS) is 16.1. The van der Waals surface area contributed by atoms with Crippen molar-refractivity contribution in [3.8, 4) is 0 Å². The summed E-state index contributed by atoms with van der Waals surface area (Å²) >= 11 is 1.72. The van der Waals surface area contributed by atoms with Crippen LogP contribution in [-0.2, 0) is 6.54 Å². The van der Waals surface area contributed by atoms with Crippen LogP contribution in [0.5, 0.6) is 0 Å². The van der Waals surface area contributed by atoms with E-state index in [2.05, 4.69) is 75.5 Å². The van der Waals surface area contributed by atoms with E-state index >= 15 is 0 Å². The minimum absolute atomic E-state index is 0.908.